The molecular weight excluding hydrogens is 352 g/mol. The van der Waals surface area contributed by atoms with Crippen LogP contribution < -0.4 is 10.1 Å². The Morgan fingerprint density at radius 3 is 2.46 bits per heavy atom. The summed E-state index contributed by atoms with van der Waals surface area (Å²) in [5.74, 6) is 0.205. The fraction of sp³-hybridized carbons (Fsp3) is 0.316. The zero-order valence-corrected chi connectivity index (χ0v) is 16.3. The Morgan fingerprint density at radius 2 is 1.85 bits per heavy atom. The van der Waals surface area contributed by atoms with Gasteiger partial charge in [-0.1, -0.05) is 25.1 Å². The van der Waals surface area contributed by atoms with Crippen molar-refractivity contribution in [2.24, 2.45) is 0 Å². The van der Waals surface area contributed by atoms with Gasteiger partial charge in [0.1, 0.15) is 5.75 Å². The Balaban J connectivity index is 2.04. The van der Waals surface area contributed by atoms with Crippen LogP contribution in [0.1, 0.15) is 18.1 Å². The number of carbonyl (C=O) groups is 1. The van der Waals surface area contributed by atoms with Gasteiger partial charge in [-0.2, -0.15) is 0 Å². The van der Waals surface area contributed by atoms with Crippen molar-refractivity contribution in [2.45, 2.75) is 25.2 Å². The van der Waals surface area contributed by atoms with Gasteiger partial charge in [0.15, 0.2) is 6.61 Å². The van der Waals surface area contributed by atoms with Crippen LogP contribution in [-0.2, 0) is 21.2 Å². The van der Waals surface area contributed by atoms with Gasteiger partial charge in [0, 0.05) is 19.8 Å². The third kappa shape index (κ3) is 4.62. The molecule has 0 radical (unpaired) electrons. The summed E-state index contributed by atoms with van der Waals surface area (Å²) in [6, 6.07) is 12.2. The van der Waals surface area contributed by atoms with Crippen molar-refractivity contribution in [2.75, 3.05) is 26.0 Å². The Labute approximate surface area is 154 Å². The maximum absolute atomic E-state index is 12.1. The minimum atomic E-state index is -3.50. The van der Waals surface area contributed by atoms with Gasteiger partial charge in [-0.25, -0.2) is 12.7 Å². The zero-order chi connectivity index (χ0) is 19.3. The number of sulfonamides is 1. The number of anilines is 1. The lowest BCUT2D eigenvalue weighted by molar-refractivity contribution is -0.118. The molecule has 0 heterocycles. The second-order valence-corrected chi connectivity index (χ2v) is 8.21. The number of ether oxygens (including phenoxy) is 1. The van der Waals surface area contributed by atoms with Crippen LogP contribution in [0.2, 0.25) is 0 Å². The van der Waals surface area contributed by atoms with E-state index in [4.69, 9.17) is 4.74 Å². The first-order chi connectivity index (χ1) is 12.3. The molecule has 2 aromatic rings. The standard InChI is InChI=1S/C19H24N2O4S/c1-5-15-8-6-7-9-17(15)20-19(22)13-25-18-11-10-16(12-14(18)2)26(23,24)21(3)4/h6-12H,5,13H2,1-4H3,(H,20,22). The van der Waals surface area contributed by atoms with Crippen molar-refractivity contribution in [3.8, 4) is 5.75 Å². The Bertz CT molecular complexity index is 892. The van der Waals surface area contributed by atoms with Gasteiger partial charge in [0.25, 0.3) is 5.91 Å². The van der Waals surface area contributed by atoms with Crippen molar-refractivity contribution in [1.29, 1.82) is 0 Å². The topological polar surface area (TPSA) is 75.7 Å². The number of para-hydroxylation sites is 1. The molecule has 26 heavy (non-hydrogen) atoms. The van der Waals surface area contributed by atoms with Gasteiger partial charge in [0.2, 0.25) is 10.0 Å². The second kappa shape index (κ2) is 8.33. The van der Waals surface area contributed by atoms with Crippen LogP contribution in [-0.4, -0.2) is 39.3 Å². The molecule has 0 saturated carbocycles. The Kier molecular flexibility index (Phi) is 6.39. The van der Waals surface area contributed by atoms with Crippen LogP contribution in [0.3, 0.4) is 0 Å². The molecule has 0 saturated heterocycles. The molecule has 0 unspecified atom stereocenters. The first-order valence-corrected chi connectivity index (χ1v) is 9.73. The number of carbonyl (C=O) groups excluding carboxylic acids is 1. The van der Waals surface area contributed by atoms with E-state index in [9.17, 15) is 13.2 Å². The predicted octanol–water partition coefficient (Wildman–Crippen LogP) is 2.83. The van der Waals surface area contributed by atoms with E-state index in [-0.39, 0.29) is 17.4 Å². The van der Waals surface area contributed by atoms with E-state index >= 15 is 0 Å². The van der Waals surface area contributed by atoms with Gasteiger partial charge < -0.3 is 10.1 Å². The lowest BCUT2D eigenvalue weighted by Crippen LogP contribution is -2.23. The van der Waals surface area contributed by atoms with Crippen LogP contribution in [0.15, 0.2) is 47.4 Å². The number of nitrogens with zero attached hydrogens (tertiary/aromatic N) is 1. The molecule has 0 aromatic heterocycles. The number of amides is 1. The van der Waals surface area contributed by atoms with E-state index in [0.29, 0.717) is 11.3 Å². The first-order valence-electron chi connectivity index (χ1n) is 8.29. The number of nitrogens with one attached hydrogen (secondary N) is 1. The summed E-state index contributed by atoms with van der Waals surface area (Å²) in [5.41, 5.74) is 2.47. The number of hydrogen-bond acceptors (Lipinski definition) is 4. The largest absolute Gasteiger partial charge is 0.483 e. The number of rotatable bonds is 7. The highest BCUT2D eigenvalue weighted by Gasteiger charge is 2.18. The summed E-state index contributed by atoms with van der Waals surface area (Å²) in [4.78, 5) is 12.3. The van der Waals surface area contributed by atoms with Crippen LogP contribution in [0.5, 0.6) is 5.75 Å². The molecule has 0 bridgehead atoms. The summed E-state index contributed by atoms with van der Waals surface area (Å²) < 4.78 is 31.0. The monoisotopic (exact) mass is 376 g/mol. The molecule has 0 fully saturated rings. The van der Waals surface area contributed by atoms with E-state index < -0.39 is 10.0 Å². The highest BCUT2D eigenvalue weighted by Crippen LogP contribution is 2.23. The summed E-state index contributed by atoms with van der Waals surface area (Å²) in [6.07, 6.45) is 0.818. The highest BCUT2D eigenvalue weighted by molar-refractivity contribution is 7.89. The van der Waals surface area contributed by atoms with Crippen LogP contribution in [0.25, 0.3) is 0 Å². The lowest BCUT2D eigenvalue weighted by atomic mass is 10.1. The quantitative estimate of drug-likeness (QED) is 0.806. The predicted molar refractivity (Wildman–Crippen MR) is 102 cm³/mol. The minimum absolute atomic E-state index is 0.154. The van der Waals surface area contributed by atoms with Crippen LogP contribution >= 0.6 is 0 Å². The third-order valence-electron chi connectivity index (χ3n) is 3.96. The normalized spacial score (nSPS) is 11.4. The van der Waals surface area contributed by atoms with Gasteiger partial charge in [-0.15, -0.1) is 0 Å². The van der Waals surface area contributed by atoms with Crippen molar-refractivity contribution < 1.29 is 17.9 Å². The lowest BCUT2D eigenvalue weighted by Gasteiger charge is -2.14. The number of hydrogen-bond donors (Lipinski definition) is 1. The maximum atomic E-state index is 12.1. The number of benzene rings is 2. The average Bonchev–Trinajstić information content (AvgIpc) is 2.60. The second-order valence-electron chi connectivity index (χ2n) is 6.06. The number of aryl methyl sites for hydroxylation is 2. The van der Waals surface area contributed by atoms with Gasteiger partial charge in [-0.05, 0) is 48.7 Å². The molecule has 1 N–H and O–H groups in total. The molecular formula is C19H24N2O4S. The molecule has 0 spiro atoms. The van der Waals surface area contributed by atoms with Crippen molar-refractivity contribution in [3.05, 3.63) is 53.6 Å². The molecule has 2 aromatic carbocycles. The summed E-state index contributed by atoms with van der Waals surface area (Å²) in [5, 5.41) is 2.84. The molecule has 1 amide bonds. The van der Waals surface area contributed by atoms with E-state index in [1.165, 1.54) is 26.2 Å². The Hall–Kier alpha value is -2.38. The van der Waals surface area contributed by atoms with E-state index in [1.54, 1.807) is 13.0 Å². The Morgan fingerprint density at radius 1 is 1.15 bits per heavy atom. The molecule has 6 nitrogen and oxygen atoms in total. The maximum Gasteiger partial charge on any atom is 0.262 e. The van der Waals surface area contributed by atoms with E-state index in [2.05, 4.69) is 5.32 Å². The molecule has 0 aliphatic rings. The fourth-order valence-corrected chi connectivity index (χ4v) is 3.42. The summed E-state index contributed by atoms with van der Waals surface area (Å²) in [7, 11) is -0.538. The van der Waals surface area contributed by atoms with Crippen molar-refractivity contribution in [3.63, 3.8) is 0 Å². The molecule has 7 heteroatoms. The van der Waals surface area contributed by atoms with Crippen LogP contribution in [0.4, 0.5) is 5.69 Å². The van der Waals surface area contributed by atoms with Gasteiger partial charge in [-0.3, -0.25) is 4.79 Å². The molecule has 140 valence electrons. The zero-order valence-electron chi connectivity index (χ0n) is 15.4. The van der Waals surface area contributed by atoms with Gasteiger partial charge >= 0.3 is 0 Å². The molecule has 0 atom stereocenters. The van der Waals surface area contributed by atoms with Gasteiger partial charge in [0.05, 0.1) is 4.90 Å². The van der Waals surface area contributed by atoms with Crippen LogP contribution in [0, 0.1) is 6.92 Å². The average molecular weight is 376 g/mol. The minimum Gasteiger partial charge on any atom is -0.483 e. The molecule has 0 aliphatic heterocycles. The summed E-state index contributed by atoms with van der Waals surface area (Å²) in [6.45, 7) is 3.61. The highest BCUT2D eigenvalue weighted by atomic mass is 32.2. The third-order valence-corrected chi connectivity index (χ3v) is 5.77. The molecule has 2 rings (SSSR count). The van der Waals surface area contributed by atoms with E-state index in [0.717, 1.165) is 22.0 Å². The van der Waals surface area contributed by atoms with Crippen molar-refractivity contribution in [1.82, 2.24) is 4.31 Å². The smallest absolute Gasteiger partial charge is 0.262 e. The fourth-order valence-electron chi connectivity index (χ4n) is 2.44. The SMILES string of the molecule is CCc1ccccc1NC(=O)COc1ccc(S(=O)(=O)N(C)C)cc1C. The van der Waals surface area contributed by atoms with E-state index in [1.807, 2.05) is 31.2 Å². The molecule has 0 aliphatic carbocycles. The summed E-state index contributed by atoms with van der Waals surface area (Å²) >= 11 is 0. The van der Waals surface area contributed by atoms with Crippen molar-refractivity contribution >= 4 is 21.6 Å². The first kappa shape index (κ1) is 19.9.